The molecule has 11 heteroatoms. The minimum atomic E-state index is -1.37. The van der Waals surface area contributed by atoms with Crippen LogP contribution in [0.25, 0.3) is 0 Å². The Morgan fingerprint density at radius 3 is 1.75 bits per heavy atom. The molecule has 1 rings (SSSR count). The summed E-state index contributed by atoms with van der Waals surface area (Å²) in [5, 5.41) is 18.6. The summed E-state index contributed by atoms with van der Waals surface area (Å²) in [7, 11) is 1.55. The normalized spacial score (nSPS) is 23.6. The number of hydrogen-bond acceptors (Lipinski definition) is 7. The maximum absolute atomic E-state index is 13.5. The molecule has 0 saturated carbocycles. The van der Waals surface area contributed by atoms with Crippen LogP contribution in [0.2, 0.25) is 0 Å². The van der Waals surface area contributed by atoms with Crippen molar-refractivity contribution >= 4 is 29.4 Å². The molecule has 0 aliphatic carbocycles. The number of ketones is 1. The van der Waals surface area contributed by atoms with Gasteiger partial charge in [-0.05, 0) is 44.9 Å². The summed E-state index contributed by atoms with van der Waals surface area (Å²) >= 11 is 0. The van der Waals surface area contributed by atoms with Crippen molar-refractivity contribution in [2.45, 2.75) is 130 Å². The monoisotopic (exact) mass is 568 g/mol. The van der Waals surface area contributed by atoms with E-state index in [1.807, 2.05) is 34.6 Å². The van der Waals surface area contributed by atoms with Gasteiger partial charge < -0.3 is 30.7 Å². The molecule has 230 valence electrons. The summed E-state index contributed by atoms with van der Waals surface area (Å²) in [5.41, 5.74) is -0.985. The number of carbonyl (C=O) groups is 5. The van der Waals surface area contributed by atoms with E-state index < -0.39 is 53.6 Å². The molecule has 0 aromatic heterocycles. The Hall–Kier alpha value is -2.53. The fourth-order valence-electron chi connectivity index (χ4n) is 4.73. The summed E-state index contributed by atoms with van der Waals surface area (Å²) in [5.74, 6) is -2.75. The molecule has 1 fully saturated rings. The van der Waals surface area contributed by atoms with Crippen molar-refractivity contribution in [3.63, 3.8) is 0 Å². The van der Waals surface area contributed by atoms with Gasteiger partial charge >= 0.3 is 0 Å². The van der Waals surface area contributed by atoms with Crippen LogP contribution in [-0.4, -0.2) is 88.4 Å². The summed E-state index contributed by atoms with van der Waals surface area (Å²) in [6.45, 7) is 17.5. The summed E-state index contributed by atoms with van der Waals surface area (Å²) < 4.78 is 5.48. The Kier molecular flexibility index (Phi) is 13.2. The third-order valence-electron chi connectivity index (χ3n) is 8.19. The van der Waals surface area contributed by atoms with Crippen LogP contribution >= 0.6 is 0 Å². The molecular weight excluding hydrogens is 516 g/mol. The zero-order valence-corrected chi connectivity index (χ0v) is 26.2. The molecule has 0 aromatic rings. The third kappa shape index (κ3) is 8.99. The Balaban J connectivity index is 3.17. The number of epoxide rings is 1. The van der Waals surface area contributed by atoms with E-state index in [9.17, 15) is 29.1 Å². The average molecular weight is 569 g/mol. The molecule has 11 nitrogen and oxygen atoms in total. The van der Waals surface area contributed by atoms with Gasteiger partial charge in [0.1, 0.15) is 18.1 Å². The number of rotatable bonds is 16. The van der Waals surface area contributed by atoms with Gasteiger partial charge in [-0.2, -0.15) is 0 Å². The molecular formula is C29H52N4O7. The van der Waals surface area contributed by atoms with Crippen LogP contribution in [0.1, 0.15) is 88.5 Å². The predicted octanol–water partition coefficient (Wildman–Crippen LogP) is 1.55. The lowest BCUT2D eigenvalue weighted by molar-refractivity contribution is -0.141. The maximum Gasteiger partial charge on any atom is 0.245 e. The molecule has 0 radical (unpaired) electrons. The van der Waals surface area contributed by atoms with Crippen LogP contribution in [0.4, 0.5) is 0 Å². The van der Waals surface area contributed by atoms with E-state index in [2.05, 4.69) is 16.0 Å². The van der Waals surface area contributed by atoms with E-state index in [4.69, 9.17) is 4.74 Å². The van der Waals surface area contributed by atoms with Gasteiger partial charge in [0, 0.05) is 14.0 Å². The zero-order chi connectivity index (χ0) is 31.1. The summed E-state index contributed by atoms with van der Waals surface area (Å²) in [6.07, 6.45) is 0.000186. The first-order valence-electron chi connectivity index (χ1n) is 14.5. The molecule has 9 atom stereocenters. The molecule has 4 amide bonds. The number of aliphatic hydroxyl groups is 1. The van der Waals surface area contributed by atoms with Gasteiger partial charge in [0.2, 0.25) is 23.6 Å². The molecule has 0 spiro atoms. The van der Waals surface area contributed by atoms with Crippen molar-refractivity contribution < 1.29 is 33.8 Å². The second-order valence-electron chi connectivity index (χ2n) is 12.0. The second kappa shape index (κ2) is 14.9. The van der Waals surface area contributed by atoms with Crippen LogP contribution in [0, 0.1) is 17.8 Å². The van der Waals surface area contributed by atoms with Gasteiger partial charge in [-0.3, -0.25) is 24.0 Å². The number of nitrogens with one attached hydrogen (secondary N) is 3. The van der Waals surface area contributed by atoms with Crippen molar-refractivity contribution in [1.29, 1.82) is 0 Å². The van der Waals surface area contributed by atoms with Crippen molar-refractivity contribution in [3.05, 3.63) is 0 Å². The Bertz CT molecular complexity index is 924. The molecule has 40 heavy (non-hydrogen) atoms. The molecule has 1 aliphatic heterocycles. The number of hydrogen-bond donors (Lipinski definition) is 4. The third-order valence-corrected chi connectivity index (χ3v) is 8.19. The van der Waals surface area contributed by atoms with E-state index in [0.717, 1.165) is 0 Å². The number of ether oxygens (including phenoxy) is 1. The number of nitrogens with zero attached hydrogens (tertiary/aromatic N) is 1. The minimum absolute atomic E-state index is 0.0862. The van der Waals surface area contributed by atoms with Gasteiger partial charge in [-0.15, -0.1) is 0 Å². The number of likely N-dealkylation sites (N-methyl/N-ethyl adjacent to an activating group) is 1. The molecule has 0 unspecified atom stereocenters. The standard InChI is InChI=1S/C29H52N4O7/c1-12-16(5)22(31-28(39)24(17(6)13-2)33(11)20(9)35)26(37)32-23(18(7)34)27(38)30-21(14-15(3)4)25(36)29(10)19(8)40-29/h15-19,21-24,34H,12-14H2,1-11H3,(H,30,38)(H,31,39)(H,32,37)/t16-,17-,18+,19+,21+,22-,23-,24-,29+/m0/s1. The zero-order valence-electron chi connectivity index (χ0n) is 26.2. The minimum Gasteiger partial charge on any atom is -0.391 e. The molecule has 1 aliphatic rings. The number of aliphatic hydroxyl groups excluding tert-OH is 1. The van der Waals surface area contributed by atoms with Crippen molar-refractivity contribution in [2.24, 2.45) is 17.8 Å². The summed E-state index contributed by atoms with van der Waals surface area (Å²) in [6, 6.07) is -4.03. The fraction of sp³-hybridized carbons (Fsp3) is 0.828. The molecule has 1 heterocycles. The van der Waals surface area contributed by atoms with E-state index >= 15 is 0 Å². The van der Waals surface area contributed by atoms with Crippen LogP contribution in [-0.2, 0) is 28.7 Å². The van der Waals surface area contributed by atoms with Gasteiger partial charge in [-0.1, -0.05) is 54.4 Å². The highest BCUT2D eigenvalue weighted by molar-refractivity contribution is 5.99. The number of amides is 4. The van der Waals surface area contributed by atoms with Gasteiger partial charge in [-0.25, -0.2) is 0 Å². The number of Topliss-reactive ketones (excluding diaryl/α,β-unsaturated/α-hetero) is 1. The van der Waals surface area contributed by atoms with E-state index in [0.29, 0.717) is 19.3 Å². The van der Waals surface area contributed by atoms with E-state index in [1.54, 1.807) is 27.8 Å². The first-order valence-corrected chi connectivity index (χ1v) is 14.5. The highest BCUT2D eigenvalue weighted by Gasteiger charge is 2.57. The van der Waals surface area contributed by atoms with Crippen LogP contribution in [0.15, 0.2) is 0 Å². The fourth-order valence-corrected chi connectivity index (χ4v) is 4.73. The van der Waals surface area contributed by atoms with Gasteiger partial charge in [0.05, 0.1) is 18.2 Å². The van der Waals surface area contributed by atoms with Crippen molar-refractivity contribution in [3.8, 4) is 0 Å². The van der Waals surface area contributed by atoms with Gasteiger partial charge in [0.25, 0.3) is 0 Å². The molecule has 0 aromatic carbocycles. The highest BCUT2D eigenvalue weighted by atomic mass is 16.6. The quantitative estimate of drug-likeness (QED) is 0.206. The van der Waals surface area contributed by atoms with Crippen LogP contribution in [0.5, 0.6) is 0 Å². The van der Waals surface area contributed by atoms with E-state index in [1.165, 1.54) is 18.7 Å². The first kappa shape index (κ1) is 35.5. The molecule has 1 saturated heterocycles. The first-order chi connectivity index (χ1) is 18.4. The highest BCUT2D eigenvalue weighted by Crippen LogP contribution is 2.38. The van der Waals surface area contributed by atoms with Crippen molar-refractivity contribution in [2.75, 3.05) is 7.05 Å². The average Bonchev–Trinajstić information content (AvgIpc) is 3.50. The Labute approximate surface area is 239 Å². The maximum atomic E-state index is 13.5. The van der Waals surface area contributed by atoms with Crippen molar-refractivity contribution in [1.82, 2.24) is 20.9 Å². The summed E-state index contributed by atoms with van der Waals surface area (Å²) in [4.78, 5) is 66.8. The number of carbonyl (C=O) groups excluding carboxylic acids is 5. The largest absolute Gasteiger partial charge is 0.391 e. The lowest BCUT2D eigenvalue weighted by Crippen LogP contribution is -2.62. The second-order valence-corrected chi connectivity index (χ2v) is 12.0. The lowest BCUT2D eigenvalue weighted by atomic mass is 9.91. The topological polar surface area (TPSA) is 157 Å². The predicted molar refractivity (Wildman–Crippen MR) is 152 cm³/mol. The smallest absolute Gasteiger partial charge is 0.245 e. The molecule has 4 N–H and O–H groups in total. The van der Waals surface area contributed by atoms with Crippen LogP contribution < -0.4 is 16.0 Å². The SMILES string of the molecule is CC[C@H](C)[C@H](NC(=O)[C@H]([C@@H](C)CC)N(C)C(C)=O)C(=O)N[C@H](C(=O)N[C@H](CC(C)C)C(=O)[C@]1(C)O[C@@H]1C)[C@@H](C)O. The van der Waals surface area contributed by atoms with Crippen LogP contribution in [0.3, 0.4) is 0 Å². The van der Waals surface area contributed by atoms with E-state index in [-0.39, 0.29) is 35.5 Å². The van der Waals surface area contributed by atoms with Gasteiger partial charge in [0.15, 0.2) is 11.4 Å². The Morgan fingerprint density at radius 1 is 0.875 bits per heavy atom. The Morgan fingerprint density at radius 2 is 1.35 bits per heavy atom. The molecule has 0 bridgehead atoms. The lowest BCUT2D eigenvalue weighted by Gasteiger charge is -2.34.